The summed E-state index contributed by atoms with van der Waals surface area (Å²) in [5.41, 5.74) is 1.44. The lowest BCUT2D eigenvalue weighted by atomic mass is 9.43. The highest BCUT2D eigenvalue weighted by atomic mass is 16.3. The molecule has 4 aliphatic rings. The van der Waals surface area contributed by atoms with Crippen LogP contribution in [0.25, 0.3) is 0 Å². The summed E-state index contributed by atoms with van der Waals surface area (Å²) < 4.78 is 0. The van der Waals surface area contributed by atoms with Crippen LogP contribution in [0.2, 0.25) is 0 Å². The summed E-state index contributed by atoms with van der Waals surface area (Å²) in [6.07, 6.45) is 11.6. The van der Waals surface area contributed by atoms with Crippen LogP contribution in [-0.4, -0.2) is 33.3 Å². The highest BCUT2D eigenvalue weighted by Crippen LogP contribution is 2.68. The fraction of sp³-hybridized carbons (Fsp3) is 0.800. The Labute approximate surface area is 211 Å². The first kappa shape index (κ1) is 25.2. The van der Waals surface area contributed by atoms with Crippen molar-refractivity contribution in [1.82, 2.24) is 10.3 Å². The van der Waals surface area contributed by atoms with Crippen LogP contribution in [0.4, 0.5) is 0 Å². The number of aliphatic hydroxyl groups excluding tert-OH is 2. The molecule has 0 bridgehead atoms. The summed E-state index contributed by atoms with van der Waals surface area (Å²) in [4.78, 5) is 16.8. The van der Waals surface area contributed by atoms with E-state index in [0.29, 0.717) is 48.5 Å². The maximum atomic E-state index is 12.5. The fourth-order valence-corrected chi connectivity index (χ4v) is 9.52. The summed E-state index contributed by atoms with van der Waals surface area (Å²) in [6, 6.07) is 5.78. The topological polar surface area (TPSA) is 82.5 Å². The van der Waals surface area contributed by atoms with Gasteiger partial charge in [0.15, 0.2) is 0 Å². The Balaban J connectivity index is 1.21. The van der Waals surface area contributed by atoms with Crippen molar-refractivity contribution in [3.8, 4) is 0 Å². The van der Waals surface area contributed by atoms with Gasteiger partial charge in [-0.15, -0.1) is 0 Å². The number of nitrogens with zero attached hydrogens (tertiary/aromatic N) is 1. The van der Waals surface area contributed by atoms with E-state index in [1.165, 1.54) is 25.7 Å². The first-order valence-corrected chi connectivity index (χ1v) is 14.2. The van der Waals surface area contributed by atoms with E-state index in [9.17, 15) is 15.0 Å². The molecule has 5 nitrogen and oxygen atoms in total. The average Bonchev–Trinajstić information content (AvgIpc) is 3.20. The van der Waals surface area contributed by atoms with E-state index >= 15 is 0 Å². The van der Waals surface area contributed by atoms with Crippen molar-refractivity contribution in [2.45, 2.75) is 104 Å². The molecule has 0 spiro atoms. The lowest BCUT2D eigenvalue weighted by Gasteiger charge is -2.62. The minimum Gasteiger partial charge on any atom is -0.393 e. The zero-order valence-corrected chi connectivity index (χ0v) is 22.0. The third-order valence-electron chi connectivity index (χ3n) is 11.4. The molecule has 0 unspecified atom stereocenters. The van der Waals surface area contributed by atoms with E-state index in [1.807, 2.05) is 18.2 Å². The number of nitrogens with one attached hydrogen (secondary N) is 1. The first-order chi connectivity index (χ1) is 16.7. The summed E-state index contributed by atoms with van der Waals surface area (Å²) in [5.74, 6) is 3.31. The lowest BCUT2D eigenvalue weighted by molar-refractivity contribution is -0.174. The predicted molar refractivity (Wildman–Crippen MR) is 137 cm³/mol. The average molecular weight is 483 g/mol. The van der Waals surface area contributed by atoms with Crippen molar-refractivity contribution in [2.24, 2.45) is 46.3 Å². The Bertz CT molecular complexity index is 893. The second kappa shape index (κ2) is 9.78. The summed E-state index contributed by atoms with van der Waals surface area (Å²) in [5, 5.41) is 24.8. The van der Waals surface area contributed by atoms with Crippen molar-refractivity contribution < 1.29 is 15.0 Å². The maximum absolute atomic E-state index is 12.5. The van der Waals surface area contributed by atoms with Gasteiger partial charge in [-0.2, -0.15) is 0 Å². The molecular weight excluding hydrogens is 436 g/mol. The number of aliphatic hydroxyl groups is 2. The van der Waals surface area contributed by atoms with Crippen molar-refractivity contribution >= 4 is 5.91 Å². The Morgan fingerprint density at radius 3 is 2.63 bits per heavy atom. The fourth-order valence-electron chi connectivity index (χ4n) is 9.52. The van der Waals surface area contributed by atoms with Gasteiger partial charge < -0.3 is 15.5 Å². The standard InChI is InChI=1S/C30H46N2O3/c1-19(7-10-27(35)32-18-21-6-4-5-15-31-21)23-8-9-24-28-25(12-14-30(23,24)3)29(2)13-11-22(33)16-20(29)17-26(28)34/h4-6,15,19-20,22-26,28,33-34H,7-14,16-18H2,1-3H3,(H,32,35)/t19-,20-,22-,23+,24-,25-,26+,28-,29+,30-/m1/s1. The molecule has 0 aromatic carbocycles. The van der Waals surface area contributed by atoms with E-state index in [-0.39, 0.29) is 28.9 Å². The van der Waals surface area contributed by atoms with E-state index < -0.39 is 0 Å². The molecule has 1 heterocycles. The van der Waals surface area contributed by atoms with Gasteiger partial charge in [-0.05, 0) is 116 Å². The minimum absolute atomic E-state index is 0.118. The van der Waals surface area contributed by atoms with Crippen molar-refractivity contribution in [2.75, 3.05) is 0 Å². The van der Waals surface area contributed by atoms with Gasteiger partial charge in [-0.1, -0.05) is 26.8 Å². The molecule has 0 aliphatic heterocycles. The Morgan fingerprint density at radius 1 is 1.09 bits per heavy atom. The predicted octanol–water partition coefficient (Wildman–Crippen LogP) is 5.10. The highest BCUT2D eigenvalue weighted by molar-refractivity contribution is 5.75. The quantitative estimate of drug-likeness (QED) is 0.527. The van der Waals surface area contributed by atoms with Crippen molar-refractivity contribution in [1.29, 1.82) is 0 Å². The Morgan fingerprint density at radius 2 is 1.86 bits per heavy atom. The molecular formula is C30H46N2O3. The first-order valence-electron chi connectivity index (χ1n) is 14.2. The number of amides is 1. The van der Waals surface area contributed by atoms with E-state index in [1.54, 1.807) is 6.20 Å². The van der Waals surface area contributed by atoms with Gasteiger partial charge in [0, 0.05) is 12.6 Å². The molecule has 4 fully saturated rings. The van der Waals surface area contributed by atoms with Crippen molar-refractivity contribution in [3.05, 3.63) is 30.1 Å². The number of hydrogen-bond acceptors (Lipinski definition) is 4. The van der Waals surface area contributed by atoms with Crippen LogP contribution in [0.15, 0.2) is 24.4 Å². The summed E-state index contributed by atoms with van der Waals surface area (Å²) in [6.45, 7) is 7.84. The monoisotopic (exact) mass is 482 g/mol. The Hall–Kier alpha value is -1.46. The molecule has 0 saturated heterocycles. The zero-order valence-electron chi connectivity index (χ0n) is 22.0. The van der Waals surface area contributed by atoms with Gasteiger partial charge in [0.25, 0.3) is 0 Å². The van der Waals surface area contributed by atoms with Crippen molar-refractivity contribution in [3.63, 3.8) is 0 Å². The Kier molecular flexibility index (Phi) is 7.04. The lowest BCUT2D eigenvalue weighted by Crippen LogP contribution is -2.58. The van der Waals surface area contributed by atoms with Gasteiger partial charge in [0.1, 0.15) is 0 Å². The third kappa shape index (κ3) is 4.56. The molecule has 4 aliphatic carbocycles. The van der Waals surface area contributed by atoms with Gasteiger partial charge in [0.05, 0.1) is 24.4 Å². The second-order valence-corrected chi connectivity index (χ2v) is 13.1. The molecule has 1 amide bonds. The molecule has 1 aromatic heterocycles. The van der Waals surface area contributed by atoms with E-state index in [4.69, 9.17) is 0 Å². The number of pyridine rings is 1. The largest absolute Gasteiger partial charge is 0.393 e. The van der Waals surface area contributed by atoms with E-state index in [0.717, 1.165) is 37.8 Å². The molecule has 4 saturated carbocycles. The number of aromatic nitrogens is 1. The number of carbonyl (C=O) groups excluding carboxylic acids is 1. The molecule has 0 radical (unpaired) electrons. The normalized spacial score (nSPS) is 43.5. The SMILES string of the molecule is C[C@H](CCC(=O)NCc1ccccn1)[C@@H]1CC[C@@H]2[C@@H]3[C@@H](CC[C@@]21C)[C@@]1(C)CC[C@@H](O)C[C@@H]1C[C@@H]3O. The molecule has 10 atom stereocenters. The van der Waals surface area contributed by atoms with Gasteiger partial charge in [-0.25, -0.2) is 0 Å². The zero-order chi connectivity index (χ0) is 24.8. The van der Waals surface area contributed by atoms with Gasteiger partial charge in [0.2, 0.25) is 5.91 Å². The number of fused-ring (bicyclic) bond motifs is 5. The van der Waals surface area contributed by atoms with Gasteiger partial charge in [-0.3, -0.25) is 9.78 Å². The second-order valence-electron chi connectivity index (χ2n) is 13.1. The van der Waals surface area contributed by atoms with Crippen LogP contribution < -0.4 is 5.32 Å². The number of carbonyl (C=O) groups is 1. The smallest absolute Gasteiger partial charge is 0.220 e. The number of hydrogen-bond donors (Lipinski definition) is 3. The van der Waals surface area contributed by atoms with Crippen LogP contribution >= 0.6 is 0 Å². The molecule has 5 rings (SSSR count). The molecule has 1 aromatic rings. The van der Waals surface area contributed by atoms with Gasteiger partial charge >= 0.3 is 0 Å². The van der Waals surface area contributed by atoms with Crippen LogP contribution in [0, 0.1) is 46.3 Å². The van der Waals surface area contributed by atoms with Crippen LogP contribution in [0.3, 0.4) is 0 Å². The molecule has 3 N–H and O–H groups in total. The number of rotatable bonds is 6. The third-order valence-corrected chi connectivity index (χ3v) is 11.4. The molecule has 35 heavy (non-hydrogen) atoms. The summed E-state index contributed by atoms with van der Waals surface area (Å²) >= 11 is 0. The summed E-state index contributed by atoms with van der Waals surface area (Å²) in [7, 11) is 0. The highest BCUT2D eigenvalue weighted by Gasteiger charge is 2.62. The minimum atomic E-state index is -0.223. The molecule has 194 valence electrons. The maximum Gasteiger partial charge on any atom is 0.220 e. The van der Waals surface area contributed by atoms with E-state index in [2.05, 4.69) is 31.1 Å². The van der Waals surface area contributed by atoms with Crippen LogP contribution in [0.1, 0.15) is 90.7 Å². The van der Waals surface area contributed by atoms with Crippen LogP contribution in [0.5, 0.6) is 0 Å². The van der Waals surface area contributed by atoms with Crippen LogP contribution in [-0.2, 0) is 11.3 Å². The molecule has 5 heteroatoms.